The first-order valence-electron chi connectivity index (χ1n) is 4.84. The molecule has 1 aromatic carbocycles. The van der Waals surface area contributed by atoms with E-state index in [0.717, 1.165) is 16.9 Å². The van der Waals surface area contributed by atoms with Gasteiger partial charge in [0.2, 0.25) is 0 Å². The van der Waals surface area contributed by atoms with Crippen LogP contribution in [0.1, 0.15) is 20.9 Å². The van der Waals surface area contributed by atoms with Gasteiger partial charge < -0.3 is 4.74 Å². The molecule has 1 aromatic heterocycles. The molecular weight excluding hydrogens is 222 g/mol. The Labute approximate surface area is 97.7 Å². The number of nitrogens with zero attached hydrogens (tertiary/aromatic N) is 1. The quantitative estimate of drug-likeness (QED) is 0.762. The Bertz CT molecular complexity index is 480. The van der Waals surface area contributed by atoms with Crippen molar-refractivity contribution in [2.75, 3.05) is 7.11 Å². The van der Waals surface area contributed by atoms with Crippen LogP contribution in [-0.2, 0) is 6.42 Å². The molecule has 0 unspecified atom stereocenters. The zero-order valence-electron chi connectivity index (χ0n) is 8.84. The molecule has 0 fully saturated rings. The van der Waals surface area contributed by atoms with Crippen molar-refractivity contribution < 1.29 is 9.53 Å². The van der Waals surface area contributed by atoms with Gasteiger partial charge in [-0.3, -0.25) is 4.79 Å². The Kier molecular flexibility index (Phi) is 3.31. The fourth-order valence-electron chi connectivity index (χ4n) is 1.47. The van der Waals surface area contributed by atoms with Crippen molar-refractivity contribution in [3.05, 3.63) is 45.9 Å². The normalized spacial score (nSPS) is 10.1. The first kappa shape index (κ1) is 10.8. The van der Waals surface area contributed by atoms with E-state index >= 15 is 0 Å². The predicted molar refractivity (Wildman–Crippen MR) is 63.3 cm³/mol. The summed E-state index contributed by atoms with van der Waals surface area (Å²) < 4.78 is 5.07. The standard InChI is InChI=1S/C12H11NO2S/c1-15-11-3-2-9(10(6-11)8-14)7-12-13-4-5-16-12/h2-6,8H,7H2,1H3. The summed E-state index contributed by atoms with van der Waals surface area (Å²) in [5.74, 6) is 0.699. The van der Waals surface area contributed by atoms with Gasteiger partial charge in [-0.1, -0.05) is 6.07 Å². The molecule has 0 atom stereocenters. The van der Waals surface area contributed by atoms with E-state index in [1.165, 1.54) is 0 Å². The molecule has 0 aliphatic rings. The number of carbonyl (C=O) groups is 1. The van der Waals surface area contributed by atoms with Gasteiger partial charge >= 0.3 is 0 Å². The molecule has 2 rings (SSSR count). The highest BCUT2D eigenvalue weighted by molar-refractivity contribution is 7.09. The van der Waals surface area contributed by atoms with E-state index in [0.29, 0.717) is 17.7 Å². The molecule has 0 saturated carbocycles. The van der Waals surface area contributed by atoms with Gasteiger partial charge in [0.1, 0.15) is 12.0 Å². The molecule has 3 nitrogen and oxygen atoms in total. The molecular formula is C12H11NO2S. The van der Waals surface area contributed by atoms with Crippen molar-refractivity contribution >= 4 is 17.6 Å². The van der Waals surface area contributed by atoms with Crippen LogP contribution in [0.5, 0.6) is 5.75 Å². The molecule has 0 aliphatic carbocycles. The van der Waals surface area contributed by atoms with E-state index in [-0.39, 0.29) is 0 Å². The lowest BCUT2D eigenvalue weighted by Crippen LogP contribution is -1.95. The second-order valence-corrected chi connectivity index (χ2v) is 4.26. The maximum absolute atomic E-state index is 11.0. The molecule has 0 N–H and O–H groups in total. The zero-order chi connectivity index (χ0) is 11.4. The third-order valence-electron chi connectivity index (χ3n) is 2.31. The van der Waals surface area contributed by atoms with E-state index in [1.54, 1.807) is 30.7 Å². The van der Waals surface area contributed by atoms with Crippen LogP contribution in [0.25, 0.3) is 0 Å². The van der Waals surface area contributed by atoms with E-state index < -0.39 is 0 Å². The number of benzene rings is 1. The molecule has 4 heteroatoms. The first-order chi connectivity index (χ1) is 7.83. The van der Waals surface area contributed by atoms with Gasteiger partial charge in [-0.25, -0.2) is 4.98 Å². The third-order valence-corrected chi connectivity index (χ3v) is 3.08. The molecule has 2 aromatic rings. The Hall–Kier alpha value is -1.68. The Morgan fingerprint density at radius 1 is 1.50 bits per heavy atom. The largest absolute Gasteiger partial charge is 0.497 e. The van der Waals surface area contributed by atoms with Crippen LogP contribution in [0.15, 0.2) is 29.8 Å². The van der Waals surface area contributed by atoms with Gasteiger partial charge in [0.25, 0.3) is 0 Å². The Balaban J connectivity index is 2.30. The number of aldehydes is 1. The Morgan fingerprint density at radius 3 is 3.00 bits per heavy atom. The van der Waals surface area contributed by atoms with Crippen molar-refractivity contribution in [2.24, 2.45) is 0 Å². The molecule has 0 aliphatic heterocycles. The van der Waals surface area contributed by atoms with Gasteiger partial charge in [-0.15, -0.1) is 11.3 Å². The van der Waals surface area contributed by atoms with Gasteiger partial charge in [0, 0.05) is 23.6 Å². The van der Waals surface area contributed by atoms with Crippen molar-refractivity contribution in [1.82, 2.24) is 4.98 Å². The van der Waals surface area contributed by atoms with E-state index in [9.17, 15) is 4.79 Å². The van der Waals surface area contributed by atoms with E-state index in [4.69, 9.17) is 4.74 Å². The minimum Gasteiger partial charge on any atom is -0.497 e. The third kappa shape index (κ3) is 2.28. The summed E-state index contributed by atoms with van der Waals surface area (Å²) in [5.41, 5.74) is 1.64. The SMILES string of the molecule is COc1ccc(Cc2nccs2)c(C=O)c1. The molecule has 0 amide bonds. The van der Waals surface area contributed by atoms with Gasteiger partial charge in [-0.05, 0) is 17.7 Å². The number of carbonyl (C=O) groups excluding carboxylic acids is 1. The number of aromatic nitrogens is 1. The van der Waals surface area contributed by atoms with Crippen molar-refractivity contribution in [2.45, 2.75) is 6.42 Å². The van der Waals surface area contributed by atoms with Crippen molar-refractivity contribution in [1.29, 1.82) is 0 Å². The van der Waals surface area contributed by atoms with E-state index in [2.05, 4.69) is 4.98 Å². The van der Waals surface area contributed by atoms with Crippen LogP contribution in [0, 0.1) is 0 Å². The highest BCUT2D eigenvalue weighted by Crippen LogP contribution is 2.19. The molecule has 0 spiro atoms. The maximum Gasteiger partial charge on any atom is 0.150 e. The zero-order valence-corrected chi connectivity index (χ0v) is 9.66. The monoisotopic (exact) mass is 233 g/mol. The lowest BCUT2D eigenvalue weighted by atomic mass is 10.1. The van der Waals surface area contributed by atoms with Gasteiger partial charge in [0.05, 0.1) is 12.1 Å². The molecule has 1 heterocycles. The highest BCUT2D eigenvalue weighted by atomic mass is 32.1. The van der Waals surface area contributed by atoms with Crippen molar-refractivity contribution in [3.63, 3.8) is 0 Å². The second kappa shape index (κ2) is 4.90. The van der Waals surface area contributed by atoms with E-state index in [1.807, 2.05) is 17.5 Å². The number of thiazole rings is 1. The van der Waals surface area contributed by atoms with Crippen LogP contribution in [0.2, 0.25) is 0 Å². The summed E-state index contributed by atoms with van der Waals surface area (Å²) in [7, 11) is 1.59. The topological polar surface area (TPSA) is 39.2 Å². The van der Waals surface area contributed by atoms with Crippen LogP contribution < -0.4 is 4.74 Å². The number of hydrogen-bond donors (Lipinski definition) is 0. The first-order valence-corrected chi connectivity index (χ1v) is 5.72. The van der Waals surface area contributed by atoms with Gasteiger partial charge in [0.15, 0.2) is 0 Å². The molecule has 0 bridgehead atoms. The lowest BCUT2D eigenvalue weighted by Gasteiger charge is -2.05. The molecule has 0 saturated heterocycles. The van der Waals surface area contributed by atoms with Gasteiger partial charge in [-0.2, -0.15) is 0 Å². The number of ether oxygens (including phenoxy) is 1. The molecule has 16 heavy (non-hydrogen) atoms. The Morgan fingerprint density at radius 2 is 2.38 bits per heavy atom. The lowest BCUT2D eigenvalue weighted by molar-refractivity contribution is 0.112. The molecule has 82 valence electrons. The number of rotatable bonds is 4. The number of methoxy groups -OCH3 is 1. The second-order valence-electron chi connectivity index (χ2n) is 3.29. The summed E-state index contributed by atoms with van der Waals surface area (Å²) in [5, 5.41) is 2.94. The summed E-state index contributed by atoms with van der Waals surface area (Å²) >= 11 is 1.59. The fraction of sp³-hybridized carbons (Fsp3) is 0.167. The highest BCUT2D eigenvalue weighted by Gasteiger charge is 2.06. The van der Waals surface area contributed by atoms with Crippen LogP contribution in [-0.4, -0.2) is 18.4 Å². The van der Waals surface area contributed by atoms with Crippen molar-refractivity contribution in [3.8, 4) is 5.75 Å². The molecule has 0 radical (unpaired) electrons. The number of hydrogen-bond acceptors (Lipinski definition) is 4. The fourth-order valence-corrected chi connectivity index (χ4v) is 2.11. The predicted octanol–water partition coefficient (Wildman–Crippen LogP) is 2.56. The average Bonchev–Trinajstić information content (AvgIpc) is 2.82. The maximum atomic E-state index is 11.0. The van der Waals surface area contributed by atoms with Crippen LogP contribution in [0.3, 0.4) is 0 Å². The smallest absolute Gasteiger partial charge is 0.150 e. The minimum atomic E-state index is 0.662. The summed E-state index contributed by atoms with van der Waals surface area (Å²) in [4.78, 5) is 15.2. The summed E-state index contributed by atoms with van der Waals surface area (Å²) in [6.07, 6.45) is 3.31. The van der Waals surface area contributed by atoms with Crippen LogP contribution in [0.4, 0.5) is 0 Å². The minimum absolute atomic E-state index is 0.662. The summed E-state index contributed by atoms with van der Waals surface area (Å²) in [6.45, 7) is 0. The summed E-state index contributed by atoms with van der Waals surface area (Å²) in [6, 6.07) is 5.51. The van der Waals surface area contributed by atoms with Crippen LogP contribution >= 0.6 is 11.3 Å². The average molecular weight is 233 g/mol.